The number of rotatable bonds is 6. The number of nitrogens with zero attached hydrogens (tertiary/aromatic N) is 1. The van der Waals surface area contributed by atoms with Crippen molar-refractivity contribution in [2.75, 3.05) is 0 Å². The largest absolute Gasteiger partial charge is 0.317 e. The average molecular weight is 393 g/mol. The SMILES string of the molecule is O=C(N/N=C\c1ccc(F)cc1)/C(=C\c1cccs1)NC(=O)c1ccccc1. The highest BCUT2D eigenvalue weighted by Gasteiger charge is 2.14. The first kappa shape index (κ1) is 19.2. The van der Waals surface area contributed by atoms with Gasteiger partial charge in [0.15, 0.2) is 0 Å². The summed E-state index contributed by atoms with van der Waals surface area (Å²) < 4.78 is 12.9. The fourth-order valence-corrected chi connectivity index (χ4v) is 2.89. The van der Waals surface area contributed by atoms with Crippen LogP contribution in [0.4, 0.5) is 4.39 Å². The normalized spacial score (nSPS) is 11.4. The molecule has 0 aliphatic carbocycles. The van der Waals surface area contributed by atoms with E-state index in [1.165, 1.54) is 41.8 Å². The zero-order valence-electron chi connectivity index (χ0n) is 14.6. The monoisotopic (exact) mass is 393 g/mol. The number of halogens is 1. The lowest BCUT2D eigenvalue weighted by Gasteiger charge is -2.08. The van der Waals surface area contributed by atoms with Gasteiger partial charge in [-0.1, -0.05) is 36.4 Å². The number of hydrogen-bond donors (Lipinski definition) is 2. The number of thiophene rings is 1. The summed E-state index contributed by atoms with van der Waals surface area (Å²) in [6.07, 6.45) is 2.97. The fraction of sp³-hybridized carbons (Fsp3) is 0. The summed E-state index contributed by atoms with van der Waals surface area (Å²) in [6.45, 7) is 0. The molecule has 0 bridgehead atoms. The van der Waals surface area contributed by atoms with E-state index >= 15 is 0 Å². The molecule has 0 unspecified atom stereocenters. The highest BCUT2D eigenvalue weighted by Crippen LogP contribution is 2.13. The Morgan fingerprint density at radius 1 is 0.964 bits per heavy atom. The van der Waals surface area contributed by atoms with Gasteiger partial charge >= 0.3 is 0 Å². The molecule has 0 saturated carbocycles. The molecule has 0 spiro atoms. The highest BCUT2D eigenvalue weighted by atomic mass is 32.1. The first-order chi connectivity index (χ1) is 13.6. The number of hydrogen-bond acceptors (Lipinski definition) is 4. The van der Waals surface area contributed by atoms with Gasteiger partial charge in [-0.05, 0) is 47.4 Å². The minimum absolute atomic E-state index is 0.0626. The molecule has 3 rings (SSSR count). The van der Waals surface area contributed by atoms with Gasteiger partial charge in [0.05, 0.1) is 6.21 Å². The topological polar surface area (TPSA) is 70.6 Å². The molecule has 1 aromatic heterocycles. The average Bonchev–Trinajstić information content (AvgIpc) is 3.22. The lowest BCUT2D eigenvalue weighted by molar-refractivity contribution is -0.117. The Hall–Kier alpha value is -3.58. The van der Waals surface area contributed by atoms with Crippen LogP contribution in [0.3, 0.4) is 0 Å². The van der Waals surface area contributed by atoms with Crippen LogP contribution >= 0.6 is 11.3 Å². The van der Waals surface area contributed by atoms with Gasteiger partial charge in [0, 0.05) is 10.4 Å². The molecule has 0 fully saturated rings. The Balaban J connectivity index is 1.73. The van der Waals surface area contributed by atoms with Crippen LogP contribution in [-0.4, -0.2) is 18.0 Å². The zero-order chi connectivity index (χ0) is 19.8. The van der Waals surface area contributed by atoms with Crippen LogP contribution in [0.1, 0.15) is 20.8 Å². The van der Waals surface area contributed by atoms with Gasteiger partial charge in [0.25, 0.3) is 11.8 Å². The van der Waals surface area contributed by atoms with Crippen LogP contribution in [0, 0.1) is 5.82 Å². The molecule has 28 heavy (non-hydrogen) atoms. The van der Waals surface area contributed by atoms with Gasteiger partial charge in [0.2, 0.25) is 0 Å². The quantitative estimate of drug-likeness (QED) is 0.380. The third kappa shape index (κ3) is 5.46. The molecule has 140 valence electrons. The second kappa shape index (κ2) is 9.38. The van der Waals surface area contributed by atoms with E-state index in [9.17, 15) is 14.0 Å². The van der Waals surface area contributed by atoms with Crippen LogP contribution < -0.4 is 10.7 Å². The number of carbonyl (C=O) groups excluding carboxylic acids is 2. The van der Waals surface area contributed by atoms with E-state index in [2.05, 4.69) is 15.8 Å². The molecule has 5 nitrogen and oxygen atoms in total. The van der Waals surface area contributed by atoms with Crippen LogP contribution in [-0.2, 0) is 4.79 Å². The summed E-state index contributed by atoms with van der Waals surface area (Å²) in [5.74, 6) is -1.33. The van der Waals surface area contributed by atoms with Crippen molar-refractivity contribution >= 4 is 35.4 Å². The highest BCUT2D eigenvalue weighted by molar-refractivity contribution is 7.10. The number of hydrazone groups is 1. The minimum Gasteiger partial charge on any atom is -0.317 e. The molecule has 0 radical (unpaired) electrons. The summed E-state index contributed by atoms with van der Waals surface area (Å²) in [5, 5.41) is 8.35. The molecule has 1 heterocycles. The van der Waals surface area contributed by atoms with Crippen LogP contribution in [0.15, 0.2) is 82.9 Å². The van der Waals surface area contributed by atoms with E-state index in [-0.39, 0.29) is 11.5 Å². The zero-order valence-corrected chi connectivity index (χ0v) is 15.4. The molecule has 2 amide bonds. The molecule has 2 aromatic carbocycles. The summed E-state index contributed by atoms with van der Waals surface area (Å²) >= 11 is 1.43. The third-order valence-corrected chi connectivity index (χ3v) is 4.43. The Morgan fingerprint density at radius 3 is 2.39 bits per heavy atom. The summed E-state index contributed by atoms with van der Waals surface area (Å²) in [6, 6.07) is 17.9. The smallest absolute Gasteiger partial charge is 0.287 e. The number of amides is 2. The first-order valence-electron chi connectivity index (χ1n) is 8.32. The standard InChI is InChI=1S/C21H16FN3O2S/c22-17-10-8-15(9-11-17)14-23-25-21(27)19(13-18-7-4-12-28-18)24-20(26)16-5-2-1-3-6-16/h1-14H,(H,24,26)(H,25,27)/b19-13+,23-14-. The molecule has 0 saturated heterocycles. The molecule has 3 aromatic rings. The van der Waals surface area contributed by atoms with E-state index in [0.29, 0.717) is 11.1 Å². The summed E-state index contributed by atoms with van der Waals surface area (Å²) in [5.41, 5.74) is 3.49. The van der Waals surface area contributed by atoms with E-state index in [1.54, 1.807) is 36.4 Å². The van der Waals surface area contributed by atoms with Crippen LogP contribution in [0.25, 0.3) is 6.08 Å². The van der Waals surface area contributed by atoms with Crippen molar-refractivity contribution in [3.63, 3.8) is 0 Å². The lowest BCUT2D eigenvalue weighted by atomic mass is 10.2. The van der Waals surface area contributed by atoms with E-state index < -0.39 is 11.8 Å². The Morgan fingerprint density at radius 2 is 1.71 bits per heavy atom. The Bertz CT molecular complexity index is 998. The second-order valence-electron chi connectivity index (χ2n) is 5.64. The minimum atomic E-state index is -0.573. The van der Waals surface area contributed by atoms with Gasteiger partial charge in [0.1, 0.15) is 11.5 Å². The van der Waals surface area contributed by atoms with Crippen molar-refractivity contribution in [1.29, 1.82) is 0 Å². The summed E-state index contributed by atoms with van der Waals surface area (Å²) in [7, 11) is 0. The van der Waals surface area contributed by atoms with Crippen molar-refractivity contribution in [3.05, 3.63) is 99.6 Å². The Labute approximate surface area is 165 Å². The predicted molar refractivity (Wildman–Crippen MR) is 108 cm³/mol. The van der Waals surface area contributed by atoms with Crippen molar-refractivity contribution in [3.8, 4) is 0 Å². The van der Waals surface area contributed by atoms with Crippen molar-refractivity contribution < 1.29 is 14.0 Å². The van der Waals surface area contributed by atoms with Crippen molar-refractivity contribution in [2.24, 2.45) is 5.10 Å². The third-order valence-electron chi connectivity index (χ3n) is 3.61. The number of nitrogens with one attached hydrogen (secondary N) is 2. The molecule has 7 heteroatoms. The second-order valence-corrected chi connectivity index (χ2v) is 6.62. The molecule has 0 aliphatic rings. The molecular formula is C21H16FN3O2S. The predicted octanol–water partition coefficient (Wildman–Crippen LogP) is 3.81. The van der Waals surface area contributed by atoms with E-state index in [4.69, 9.17) is 0 Å². The molecular weight excluding hydrogens is 377 g/mol. The first-order valence-corrected chi connectivity index (χ1v) is 9.20. The van der Waals surface area contributed by atoms with Crippen LogP contribution in [0.5, 0.6) is 0 Å². The summed E-state index contributed by atoms with van der Waals surface area (Å²) in [4.78, 5) is 25.7. The lowest BCUT2D eigenvalue weighted by Crippen LogP contribution is -2.32. The van der Waals surface area contributed by atoms with Gasteiger partial charge in [-0.3, -0.25) is 9.59 Å². The maximum atomic E-state index is 12.9. The number of benzene rings is 2. The van der Waals surface area contributed by atoms with Gasteiger partial charge in [-0.25, -0.2) is 9.82 Å². The fourth-order valence-electron chi connectivity index (χ4n) is 2.23. The van der Waals surface area contributed by atoms with Gasteiger partial charge in [-0.15, -0.1) is 11.3 Å². The molecule has 0 aliphatic heterocycles. The maximum Gasteiger partial charge on any atom is 0.287 e. The van der Waals surface area contributed by atoms with Gasteiger partial charge < -0.3 is 5.32 Å². The van der Waals surface area contributed by atoms with Crippen molar-refractivity contribution in [2.45, 2.75) is 0 Å². The molecule has 0 atom stereocenters. The van der Waals surface area contributed by atoms with Gasteiger partial charge in [-0.2, -0.15) is 5.10 Å². The number of carbonyl (C=O) groups is 2. The molecule has 2 N–H and O–H groups in total. The van der Waals surface area contributed by atoms with Crippen LogP contribution in [0.2, 0.25) is 0 Å². The van der Waals surface area contributed by atoms with E-state index in [0.717, 1.165) is 4.88 Å². The van der Waals surface area contributed by atoms with Crippen molar-refractivity contribution in [1.82, 2.24) is 10.7 Å². The van der Waals surface area contributed by atoms with E-state index in [1.807, 2.05) is 17.5 Å². The maximum absolute atomic E-state index is 12.9. The Kier molecular flexibility index (Phi) is 6.43.